The Morgan fingerprint density at radius 2 is 1.89 bits per heavy atom. The smallest absolute Gasteiger partial charge is 0.270 e. The maximum absolute atomic E-state index is 13.1. The van der Waals surface area contributed by atoms with Gasteiger partial charge in [0.25, 0.3) is 11.8 Å². The van der Waals surface area contributed by atoms with E-state index in [1.165, 1.54) is 12.1 Å². The fraction of sp³-hybridized carbons (Fsp3) is 0. The van der Waals surface area contributed by atoms with Gasteiger partial charge < -0.3 is 5.73 Å². The molecule has 0 aliphatic carbocycles. The first kappa shape index (κ1) is 12.9. The molecule has 3 N–H and O–H groups in total. The molecule has 2 rings (SSSR count). The average molecular weight is 257 g/mol. The normalized spacial score (nSPS) is 10.2. The van der Waals surface area contributed by atoms with Gasteiger partial charge in [0.05, 0.1) is 6.20 Å². The van der Waals surface area contributed by atoms with Gasteiger partial charge in [0.2, 0.25) is 0 Å². The van der Waals surface area contributed by atoms with Crippen molar-refractivity contribution >= 4 is 25.1 Å². The van der Waals surface area contributed by atoms with Gasteiger partial charge in [-0.2, -0.15) is 0 Å². The highest BCUT2D eigenvalue weighted by molar-refractivity contribution is 6.32. The Labute approximate surface area is 109 Å². The number of primary amides is 1. The predicted octanol–water partition coefficient (Wildman–Crippen LogP) is -0.0962. The third-order valence-corrected chi connectivity index (χ3v) is 2.43. The number of hydrogen-bond donors (Lipinski definition) is 2. The van der Waals surface area contributed by atoms with Crippen LogP contribution in [-0.4, -0.2) is 24.3 Å². The Balaban J connectivity index is 2.24. The number of hydrogen-bond acceptors (Lipinski definition) is 2. The van der Waals surface area contributed by atoms with Crippen molar-refractivity contribution in [2.45, 2.75) is 0 Å². The molecule has 5 nitrogen and oxygen atoms in total. The van der Waals surface area contributed by atoms with Crippen molar-refractivity contribution in [3.8, 4) is 0 Å². The zero-order valence-corrected chi connectivity index (χ0v) is 9.76. The number of nitrogens with two attached hydrogens (primary N) is 1. The molecular weight excluding hydrogens is 248 g/mol. The lowest BCUT2D eigenvalue weighted by atomic mass is 9.95. The molecule has 2 radical (unpaired) electrons. The summed E-state index contributed by atoms with van der Waals surface area (Å²) in [6.07, 6.45) is 0.954. The van der Waals surface area contributed by atoms with Crippen molar-refractivity contribution in [2.75, 3.05) is 5.43 Å². The summed E-state index contributed by atoms with van der Waals surface area (Å²) in [6, 6.07) is 7.06. The lowest BCUT2D eigenvalue weighted by Crippen LogP contribution is -2.27. The number of nitrogens with zero attached hydrogens (tertiary/aromatic N) is 1. The Kier molecular flexibility index (Phi) is 3.37. The van der Waals surface area contributed by atoms with Crippen LogP contribution in [0.5, 0.6) is 0 Å². The van der Waals surface area contributed by atoms with E-state index in [9.17, 15) is 14.0 Å². The molecule has 1 aromatic carbocycles. The van der Waals surface area contributed by atoms with E-state index in [1.54, 1.807) is 12.1 Å². The molecule has 2 aromatic rings. The number of aromatic nitrogens is 1. The Morgan fingerprint density at radius 3 is 2.47 bits per heavy atom. The number of carbonyl (C=O) groups excluding carboxylic acids is 2. The molecule has 1 heterocycles. The first-order chi connectivity index (χ1) is 8.97. The molecule has 1 aromatic heterocycles. The molecule has 0 bridgehead atoms. The second-order valence-corrected chi connectivity index (χ2v) is 3.84. The van der Waals surface area contributed by atoms with E-state index in [4.69, 9.17) is 13.6 Å². The summed E-state index contributed by atoms with van der Waals surface area (Å²) >= 11 is 0. The lowest BCUT2D eigenvalue weighted by molar-refractivity contribution is 0.0988. The van der Waals surface area contributed by atoms with Gasteiger partial charge in [-0.15, -0.1) is 0 Å². The maximum Gasteiger partial charge on any atom is 0.270 e. The molecule has 19 heavy (non-hydrogen) atoms. The highest BCUT2D eigenvalue weighted by Crippen LogP contribution is 2.06. The molecule has 94 valence electrons. The van der Waals surface area contributed by atoms with E-state index in [2.05, 4.69) is 5.43 Å². The Morgan fingerprint density at radius 1 is 1.26 bits per heavy atom. The molecule has 0 aliphatic rings. The zero-order valence-electron chi connectivity index (χ0n) is 9.76. The molecule has 0 saturated carbocycles. The van der Waals surface area contributed by atoms with Gasteiger partial charge >= 0.3 is 0 Å². The van der Waals surface area contributed by atoms with Gasteiger partial charge in [0.1, 0.15) is 19.4 Å². The van der Waals surface area contributed by atoms with Gasteiger partial charge in [-0.25, -0.2) is 4.39 Å². The van der Waals surface area contributed by atoms with Crippen molar-refractivity contribution in [2.24, 2.45) is 5.73 Å². The number of carbonyl (C=O) groups is 2. The van der Waals surface area contributed by atoms with Crippen LogP contribution in [0.2, 0.25) is 0 Å². The molecule has 0 unspecified atom stereocenters. The van der Waals surface area contributed by atoms with E-state index in [-0.39, 0.29) is 5.69 Å². The Bertz CT molecular complexity index is 637. The largest absolute Gasteiger partial charge is 0.364 e. The first-order valence-electron chi connectivity index (χ1n) is 5.32. The zero-order chi connectivity index (χ0) is 14.0. The van der Waals surface area contributed by atoms with Gasteiger partial charge in [-0.05, 0) is 12.1 Å². The molecule has 0 aliphatic heterocycles. The summed E-state index contributed by atoms with van der Waals surface area (Å²) in [5, 5.41) is 0. The van der Waals surface area contributed by atoms with Gasteiger partial charge in [-0.3, -0.25) is 19.7 Å². The SMILES string of the molecule is [B]c1ccc(C(=O)Nn2cc(F)cc2C(N)=O)cc1. The first-order valence-corrected chi connectivity index (χ1v) is 5.32. The minimum absolute atomic E-state index is 0.152. The number of amides is 2. The Hall–Kier alpha value is -2.57. The van der Waals surface area contributed by atoms with Gasteiger partial charge in [-0.1, -0.05) is 17.6 Å². The summed E-state index contributed by atoms with van der Waals surface area (Å²) in [4.78, 5) is 22.9. The lowest BCUT2D eigenvalue weighted by Gasteiger charge is -2.08. The summed E-state index contributed by atoms with van der Waals surface area (Å²) < 4.78 is 14.0. The summed E-state index contributed by atoms with van der Waals surface area (Å²) in [5.74, 6) is -2.04. The van der Waals surface area contributed by atoms with Crippen LogP contribution in [-0.2, 0) is 0 Å². The summed E-state index contributed by atoms with van der Waals surface area (Å²) in [5.41, 5.74) is 8.09. The van der Waals surface area contributed by atoms with Crippen molar-refractivity contribution in [1.82, 2.24) is 4.68 Å². The van der Waals surface area contributed by atoms with Crippen molar-refractivity contribution in [3.63, 3.8) is 0 Å². The maximum atomic E-state index is 13.1. The molecule has 2 amide bonds. The van der Waals surface area contributed by atoms with E-state index >= 15 is 0 Å². The van der Waals surface area contributed by atoms with Crippen molar-refractivity contribution < 1.29 is 14.0 Å². The highest BCUT2D eigenvalue weighted by Gasteiger charge is 2.13. The van der Waals surface area contributed by atoms with Crippen LogP contribution in [0.1, 0.15) is 20.8 Å². The molecule has 7 heteroatoms. The monoisotopic (exact) mass is 257 g/mol. The van der Waals surface area contributed by atoms with Crippen LogP contribution >= 0.6 is 0 Å². The number of benzene rings is 1. The van der Waals surface area contributed by atoms with Crippen LogP contribution in [0.3, 0.4) is 0 Å². The minimum atomic E-state index is -0.846. The quantitative estimate of drug-likeness (QED) is 0.753. The predicted molar refractivity (Wildman–Crippen MR) is 68.4 cm³/mol. The average Bonchev–Trinajstić information content (AvgIpc) is 2.71. The standard InChI is InChI=1S/C12H9BFN3O2/c13-8-3-1-7(2-4-8)12(19)16-17-6-9(14)5-10(17)11(15)18/h1-6H,(H2,15,18)(H,16,19). The van der Waals surface area contributed by atoms with Crippen LogP contribution in [0.25, 0.3) is 0 Å². The van der Waals surface area contributed by atoms with E-state index in [0.29, 0.717) is 11.0 Å². The topological polar surface area (TPSA) is 77.1 Å². The fourth-order valence-electron chi connectivity index (χ4n) is 1.52. The number of rotatable bonds is 3. The van der Waals surface area contributed by atoms with Crippen LogP contribution in [0.15, 0.2) is 36.5 Å². The third-order valence-electron chi connectivity index (χ3n) is 2.43. The highest BCUT2D eigenvalue weighted by atomic mass is 19.1. The molecular formula is C12H9BFN3O2. The van der Waals surface area contributed by atoms with Gasteiger partial charge in [0, 0.05) is 11.6 Å². The van der Waals surface area contributed by atoms with Crippen LogP contribution < -0.4 is 16.6 Å². The number of halogens is 1. The summed E-state index contributed by atoms with van der Waals surface area (Å²) in [7, 11) is 5.50. The molecule has 0 fully saturated rings. The van der Waals surface area contributed by atoms with Crippen molar-refractivity contribution in [1.29, 1.82) is 0 Å². The fourth-order valence-corrected chi connectivity index (χ4v) is 1.52. The minimum Gasteiger partial charge on any atom is -0.364 e. The van der Waals surface area contributed by atoms with Gasteiger partial charge in [0.15, 0.2) is 0 Å². The van der Waals surface area contributed by atoms with E-state index < -0.39 is 17.6 Å². The second kappa shape index (κ2) is 4.97. The summed E-state index contributed by atoms with van der Waals surface area (Å²) in [6.45, 7) is 0. The number of nitrogens with one attached hydrogen (secondary N) is 1. The van der Waals surface area contributed by atoms with E-state index in [0.717, 1.165) is 16.9 Å². The van der Waals surface area contributed by atoms with Crippen LogP contribution in [0, 0.1) is 5.82 Å². The van der Waals surface area contributed by atoms with Crippen LogP contribution in [0.4, 0.5) is 4.39 Å². The third kappa shape index (κ3) is 2.82. The molecule has 0 spiro atoms. The molecule has 0 saturated heterocycles. The van der Waals surface area contributed by atoms with Crippen molar-refractivity contribution in [3.05, 3.63) is 53.6 Å². The second-order valence-electron chi connectivity index (χ2n) is 3.84. The van der Waals surface area contributed by atoms with E-state index in [1.807, 2.05) is 0 Å². The molecule has 0 atom stereocenters.